The lowest BCUT2D eigenvalue weighted by Crippen LogP contribution is -2.65. The molecule has 1 heteroatoms. The van der Waals surface area contributed by atoms with Crippen molar-refractivity contribution in [2.24, 2.45) is 16.7 Å². The molecule has 17 heavy (non-hydrogen) atoms. The van der Waals surface area contributed by atoms with Gasteiger partial charge in [0, 0.05) is 12.6 Å². The molecule has 0 radical (unpaired) electrons. The summed E-state index contributed by atoms with van der Waals surface area (Å²) in [6.07, 6.45) is 18.4. The van der Waals surface area contributed by atoms with Gasteiger partial charge in [0.25, 0.3) is 0 Å². The third kappa shape index (κ3) is 1.35. The van der Waals surface area contributed by atoms with Crippen molar-refractivity contribution in [2.45, 2.75) is 63.8 Å². The minimum absolute atomic E-state index is 0.688. The monoisotopic (exact) mass is 231 g/mol. The molecule has 1 N–H and O–H groups in total. The molecule has 1 heterocycles. The molecule has 3 aliphatic carbocycles. The first-order valence-corrected chi connectivity index (χ1v) is 7.75. The van der Waals surface area contributed by atoms with E-state index in [-0.39, 0.29) is 0 Å². The van der Waals surface area contributed by atoms with Crippen LogP contribution in [0.5, 0.6) is 0 Å². The van der Waals surface area contributed by atoms with E-state index in [0.717, 1.165) is 17.4 Å². The van der Waals surface area contributed by atoms with Gasteiger partial charge >= 0.3 is 0 Å². The highest BCUT2D eigenvalue weighted by atomic mass is 15.1. The minimum Gasteiger partial charge on any atom is -0.312 e. The molecule has 2 atom stereocenters. The molecule has 4 rings (SSSR count). The largest absolute Gasteiger partial charge is 0.312 e. The highest BCUT2D eigenvalue weighted by Crippen LogP contribution is 2.58. The van der Waals surface area contributed by atoms with Crippen molar-refractivity contribution in [3.8, 4) is 0 Å². The van der Waals surface area contributed by atoms with Crippen LogP contribution >= 0.6 is 0 Å². The number of rotatable bonds is 1. The number of hydrogen-bond donors (Lipinski definition) is 1. The second-order valence-corrected chi connectivity index (χ2v) is 7.16. The Morgan fingerprint density at radius 2 is 1.53 bits per heavy atom. The SMILES string of the molecule is C1=CC(C2NCC23CCCC3)C2(C1)CCCC2. The normalized spacial score (nSPS) is 41.4. The van der Waals surface area contributed by atoms with Gasteiger partial charge in [-0.2, -0.15) is 0 Å². The van der Waals surface area contributed by atoms with Crippen LogP contribution in [0.2, 0.25) is 0 Å². The maximum absolute atomic E-state index is 3.82. The van der Waals surface area contributed by atoms with Gasteiger partial charge in [0.15, 0.2) is 0 Å². The molecule has 0 aromatic carbocycles. The van der Waals surface area contributed by atoms with Crippen molar-refractivity contribution >= 4 is 0 Å². The van der Waals surface area contributed by atoms with E-state index in [4.69, 9.17) is 0 Å². The van der Waals surface area contributed by atoms with Crippen LogP contribution in [0.3, 0.4) is 0 Å². The van der Waals surface area contributed by atoms with Gasteiger partial charge in [0.05, 0.1) is 0 Å². The summed E-state index contributed by atoms with van der Waals surface area (Å²) in [5.41, 5.74) is 1.41. The molecule has 1 saturated heterocycles. The Morgan fingerprint density at radius 1 is 0.882 bits per heavy atom. The summed E-state index contributed by atoms with van der Waals surface area (Å²) in [5.74, 6) is 0.872. The molecule has 1 aliphatic heterocycles. The van der Waals surface area contributed by atoms with Crippen LogP contribution < -0.4 is 5.32 Å². The first-order chi connectivity index (χ1) is 8.35. The first kappa shape index (κ1) is 10.6. The Hall–Kier alpha value is -0.300. The van der Waals surface area contributed by atoms with Gasteiger partial charge in [-0.1, -0.05) is 37.8 Å². The van der Waals surface area contributed by atoms with Crippen molar-refractivity contribution in [1.82, 2.24) is 5.32 Å². The third-order valence-electron chi connectivity index (χ3n) is 6.47. The quantitative estimate of drug-likeness (QED) is 0.679. The van der Waals surface area contributed by atoms with Gasteiger partial charge in [-0.25, -0.2) is 0 Å². The average molecular weight is 231 g/mol. The molecule has 0 aromatic rings. The zero-order valence-electron chi connectivity index (χ0n) is 10.9. The minimum atomic E-state index is 0.688. The fourth-order valence-corrected chi connectivity index (χ4v) is 5.45. The molecular formula is C16H25N. The van der Waals surface area contributed by atoms with Crippen molar-refractivity contribution in [1.29, 1.82) is 0 Å². The zero-order valence-corrected chi connectivity index (χ0v) is 10.9. The maximum Gasteiger partial charge on any atom is 0.0204 e. The second kappa shape index (κ2) is 3.60. The summed E-state index contributed by atoms with van der Waals surface area (Å²) < 4.78 is 0. The van der Waals surface area contributed by atoms with Crippen LogP contribution in [-0.4, -0.2) is 12.6 Å². The fourth-order valence-electron chi connectivity index (χ4n) is 5.45. The molecule has 2 saturated carbocycles. The summed E-state index contributed by atoms with van der Waals surface area (Å²) in [4.78, 5) is 0. The van der Waals surface area contributed by atoms with E-state index in [2.05, 4.69) is 17.5 Å². The van der Waals surface area contributed by atoms with Crippen molar-refractivity contribution in [3.05, 3.63) is 12.2 Å². The molecule has 2 spiro atoms. The molecule has 0 bridgehead atoms. The lowest BCUT2D eigenvalue weighted by molar-refractivity contribution is 0.0136. The highest BCUT2D eigenvalue weighted by Gasteiger charge is 2.56. The van der Waals surface area contributed by atoms with E-state index in [9.17, 15) is 0 Å². The van der Waals surface area contributed by atoms with Crippen LogP contribution in [0, 0.1) is 16.7 Å². The second-order valence-electron chi connectivity index (χ2n) is 7.16. The average Bonchev–Trinajstić information content (AvgIpc) is 3.04. The molecule has 3 fully saturated rings. The Bertz CT molecular complexity index is 331. The highest BCUT2D eigenvalue weighted by molar-refractivity contribution is 5.20. The molecule has 0 aromatic heterocycles. The van der Waals surface area contributed by atoms with Gasteiger partial charge in [0.2, 0.25) is 0 Å². The third-order valence-corrected chi connectivity index (χ3v) is 6.47. The number of hydrogen-bond acceptors (Lipinski definition) is 1. The predicted octanol–water partition coefficient (Wildman–Crippen LogP) is 3.66. The summed E-state index contributed by atoms with van der Waals surface area (Å²) in [6, 6.07) is 0.835. The number of allylic oxidation sites excluding steroid dienone is 1. The Morgan fingerprint density at radius 3 is 2.12 bits per heavy atom. The molecule has 2 unspecified atom stereocenters. The van der Waals surface area contributed by atoms with Gasteiger partial charge in [-0.3, -0.25) is 0 Å². The van der Waals surface area contributed by atoms with Crippen molar-refractivity contribution in [2.75, 3.05) is 6.54 Å². The van der Waals surface area contributed by atoms with Crippen molar-refractivity contribution < 1.29 is 0 Å². The van der Waals surface area contributed by atoms with Gasteiger partial charge in [-0.05, 0) is 48.9 Å². The first-order valence-electron chi connectivity index (χ1n) is 7.75. The molecule has 0 amide bonds. The standard InChI is InChI=1S/C16H25N/c1-2-8-15(7-1)11-5-6-13(15)14-16(12-17-14)9-3-4-10-16/h5-6,13-14,17H,1-4,7-12H2. The molecule has 4 aliphatic rings. The van der Waals surface area contributed by atoms with E-state index in [1.54, 1.807) is 0 Å². The maximum atomic E-state index is 3.82. The molecule has 1 nitrogen and oxygen atoms in total. The van der Waals surface area contributed by atoms with Crippen LogP contribution in [0.4, 0.5) is 0 Å². The Labute approximate surface area is 105 Å². The van der Waals surface area contributed by atoms with Gasteiger partial charge in [0.1, 0.15) is 0 Å². The van der Waals surface area contributed by atoms with Gasteiger partial charge < -0.3 is 5.32 Å². The summed E-state index contributed by atoms with van der Waals surface area (Å²) >= 11 is 0. The van der Waals surface area contributed by atoms with E-state index >= 15 is 0 Å². The summed E-state index contributed by atoms with van der Waals surface area (Å²) in [6.45, 7) is 1.32. The molecular weight excluding hydrogens is 206 g/mol. The number of nitrogens with one attached hydrogen (secondary N) is 1. The summed E-state index contributed by atoms with van der Waals surface area (Å²) in [7, 11) is 0. The molecule has 94 valence electrons. The van der Waals surface area contributed by atoms with Crippen LogP contribution in [0.1, 0.15) is 57.8 Å². The van der Waals surface area contributed by atoms with Crippen molar-refractivity contribution in [3.63, 3.8) is 0 Å². The van der Waals surface area contributed by atoms with Gasteiger partial charge in [-0.15, -0.1) is 0 Å². The predicted molar refractivity (Wildman–Crippen MR) is 70.8 cm³/mol. The van der Waals surface area contributed by atoms with Crippen LogP contribution in [0.15, 0.2) is 12.2 Å². The smallest absolute Gasteiger partial charge is 0.0204 e. The van der Waals surface area contributed by atoms with Crippen LogP contribution in [0.25, 0.3) is 0 Å². The van der Waals surface area contributed by atoms with E-state index in [1.165, 1.54) is 64.3 Å². The lowest BCUT2D eigenvalue weighted by atomic mass is 9.60. The topological polar surface area (TPSA) is 12.0 Å². The lowest BCUT2D eigenvalue weighted by Gasteiger charge is -2.54. The van der Waals surface area contributed by atoms with E-state index in [0.29, 0.717) is 5.41 Å². The fraction of sp³-hybridized carbons (Fsp3) is 0.875. The summed E-state index contributed by atoms with van der Waals surface area (Å²) in [5, 5.41) is 3.82. The van der Waals surface area contributed by atoms with E-state index in [1.807, 2.05) is 0 Å². The zero-order chi connectivity index (χ0) is 11.3. The van der Waals surface area contributed by atoms with Crippen LogP contribution in [-0.2, 0) is 0 Å². The Balaban J connectivity index is 1.60. The van der Waals surface area contributed by atoms with E-state index < -0.39 is 0 Å². The Kier molecular flexibility index (Phi) is 2.25.